The summed E-state index contributed by atoms with van der Waals surface area (Å²) in [5.74, 6) is 1.54. The predicted octanol–water partition coefficient (Wildman–Crippen LogP) is 1.47. The van der Waals surface area contributed by atoms with E-state index in [2.05, 4.69) is 5.32 Å². The smallest absolute Gasteiger partial charge is 0.409 e. The molecule has 0 bridgehead atoms. The molecule has 0 saturated heterocycles. The number of nitrogens with zero attached hydrogens (tertiary/aromatic N) is 1. The highest BCUT2D eigenvalue weighted by Gasteiger charge is 2.33. The predicted molar refractivity (Wildman–Crippen MR) is 89.6 cm³/mol. The summed E-state index contributed by atoms with van der Waals surface area (Å²) in [4.78, 5) is 13.7. The number of rotatable bonds is 6. The van der Waals surface area contributed by atoms with Crippen molar-refractivity contribution in [3.63, 3.8) is 0 Å². The number of amides is 1. The Hall–Kier alpha value is -1.99. The summed E-state index contributed by atoms with van der Waals surface area (Å²) in [6.45, 7) is 3.68. The first-order valence-corrected chi connectivity index (χ1v) is 8.01. The molecule has 0 spiro atoms. The number of methoxy groups -OCH3 is 3. The number of nitrogens with one attached hydrogen (secondary N) is 1. The van der Waals surface area contributed by atoms with Crippen molar-refractivity contribution in [2.24, 2.45) is 0 Å². The Kier molecular flexibility index (Phi) is 6.28. The van der Waals surface area contributed by atoms with Crippen LogP contribution in [-0.2, 0) is 17.7 Å². The van der Waals surface area contributed by atoms with Gasteiger partial charge in [0.05, 0.1) is 34.0 Å². The Morgan fingerprint density at radius 3 is 2.71 bits per heavy atom. The molecule has 1 atom stereocenters. The maximum absolute atomic E-state index is 12.0. The number of benzene rings is 1. The molecule has 0 aromatic heterocycles. The minimum absolute atomic E-state index is 0.0789. The number of hydrogen-bond acceptors (Lipinski definition) is 6. The van der Waals surface area contributed by atoms with Crippen molar-refractivity contribution in [3.8, 4) is 11.5 Å². The van der Waals surface area contributed by atoms with Crippen molar-refractivity contribution in [2.45, 2.75) is 25.9 Å². The van der Waals surface area contributed by atoms with Crippen LogP contribution in [0.5, 0.6) is 11.5 Å². The van der Waals surface area contributed by atoms with Gasteiger partial charge in [0.15, 0.2) is 0 Å². The lowest BCUT2D eigenvalue weighted by Crippen LogP contribution is -2.39. The highest BCUT2D eigenvalue weighted by Crippen LogP contribution is 2.43. The van der Waals surface area contributed by atoms with Crippen LogP contribution in [0.15, 0.2) is 6.07 Å². The van der Waals surface area contributed by atoms with Crippen molar-refractivity contribution in [3.05, 3.63) is 22.8 Å². The van der Waals surface area contributed by atoms with E-state index in [1.54, 1.807) is 19.1 Å². The first-order chi connectivity index (χ1) is 11.6. The lowest BCUT2D eigenvalue weighted by Gasteiger charge is -2.36. The molecule has 1 aromatic rings. The second kappa shape index (κ2) is 8.21. The SMILES string of the molecule is COC(=O)N1CCc2c(OC)c(CNCCO)cc(OC)c2C1C. The molecule has 0 saturated carbocycles. The fourth-order valence-corrected chi connectivity index (χ4v) is 3.28. The Labute approximate surface area is 142 Å². The van der Waals surface area contributed by atoms with E-state index < -0.39 is 0 Å². The van der Waals surface area contributed by atoms with Gasteiger partial charge in [-0.3, -0.25) is 0 Å². The van der Waals surface area contributed by atoms with Crippen LogP contribution in [0.3, 0.4) is 0 Å². The molecule has 134 valence electrons. The molecule has 0 radical (unpaired) electrons. The van der Waals surface area contributed by atoms with E-state index in [1.807, 2.05) is 13.0 Å². The zero-order chi connectivity index (χ0) is 17.7. The van der Waals surface area contributed by atoms with Crippen molar-refractivity contribution >= 4 is 6.09 Å². The summed E-state index contributed by atoms with van der Waals surface area (Å²) in [5.41, 5.74) is 2.99. The van der Waals surface area contributed by atoms with Gasteiger partial charge in [-0.15, -0.1) is 0 Å². The maximum atomic E-state index is 12.0. The summed E-state index contributed by atoms with van der Waals surface area (Å²) in [5, 5.41) is 12.1. The Bertz CT molecular complexity index is 591. The topological polar surface area (TPSA) is 80.3 Å². The first-order valence-electron chi connectivity index (χ1n) is 8.01. The molecule has 0 fully saturated rings. The quantitative estimate of drug-likeness (QED) is 0.765. The monoisotopic (exact) mass is 338 g/mol. The fraction of sp³-hybridized carbons (Fsp3) is 0.588. The molecule has 24 heavy (non-hydrogen) atoms. The maximum Gasteiger partial charge on any atom is 0.409 e. The van der Waals surface area contributed by atoms with Crippen LogP contribution >= 0.6 is 0 Å². The van der Waals surface area contributed by atoms with Gasteiger partial charge < -0.3 is 29.5 Å². The van der Waals surface area contributed by atoms with Gasteiger partial charge in [-0.25, -0.2) is 4.79 Å². The molecule has 1 aliphatic rings. The van der Waals surface area contributed by atoms with Crippen LogP contribution in [-0.4, -0.2) is 57.1 Å². The van der Waals surface area contributed by atoms with Crippen LogP contribution in [0.1, 0.15) is 29.7 Å². The third-order valence-electron chi connectivity index (χ3n) is 4.39. The number of carbonyl (C=O) groups excluding carboxylic acids is 1. The van der Waals surface area contributed by atoms with E-state index in [9.17, 15) is 4.79 Å². The van der Waals surface area contributed by atoms with Crippen molar-refractivity contribution in [1.82, 2.24) is 10.2 Å². The van der Waals surface area contributed by atoms with Gasteiger partial charge in [0.2, 0.25) is 0 Å². The number of fused-ring (bicyclic) bond motifs is 1. The van der Waals surface area contributed by atoms with Gasteiger partial charge in [-0.05, 0) is 19.4 Å². The van der Waals surface area contributed by atoms with E-state index in [0.29, 0.717) is 26.1 Å². The van der Waals surface area contributed by atoms with E-state index >= 15 is 0 Å². The Morgan fingerprint density at radius 1 is 1.38 bits per heavy atom. The second-order valence-electron chi connectivity index (χ2n) is 5.65. The summed E-state index contributed by atoms with van der Waals surface area (Å²) < 4.78 is 16.1. The molecule has 1 amide bonds. The largest absolute Gasteiger partial charge is 0.496 e. The minimum Gasteiger partial charge on any atom is -0.496 e. The lowest BCUT2D eigenvalue weighted by molar-refractivity contribution is 0.104. The van der Waals surface area contributed by atoms with E-state index in [4.69, 9.17) is 19.3 Å². The fourth-order valence-electron chi connectivity index (χ4n) is 3.28. The average molecular weight is 338 g/mol. The van der Waals surface area contributed by atoms with Crippen molar-refractivity contribution in [1.29, 1.82) is 0 Å². The molecule has 2 N–H and O–H groups in total. The summed E-state index contributed by atoms with van der Waals surface area (Å²) in [7, 11) is 4.66. The van der Waals surface area contributed by atoms with Crippen LogP contribution in [0.4, 0.5) is 4.79 Å². The molecule has 1 aromatic carbocycles. The third kappa shape index (κ3) is 3.42. The van der Waals surface area contributed by atoms with Crippen LogP contribution < -0.4 is 14.8 Å². The zero-order valence-corrected chi connectivity index (χ0v) is 14.7. The normalized spacial score (nSPS) is 16.5. The van der Waals surface area contributed by atoms with Gasteiger partial charge >= 0.3 is 6.09 Å². The van der Waals surface area contributed by atoms with E-state index in [1.165, 1.54) is 7.11 Å². The number of ether oxygens (including phenoxy) is 3. The molecular formula is C17H26N2O5. The molecule has 1 aliphatic heterocycles. The number of carbonyl (C=O) groups is 1. The molecular weight excluding hydrogens is 312 g/mol. The van der Waals surface area contributed by atoms with Gasteiger partial charge in [0.25, 0.3) is 0 Å². The van der Waals surface area contributed by atoms with Gasteiger partial charge in [-0.1, -0.05) is 0 Å². The number of aliphatic hydroxyl groups is 1. The number of hydrogen-bond donors (Lipinski definition) is 2. The van der Waals surface area contributed by atoms with Gasteiger partial charge in [0.1, 0.15) is 11.5 Å². The second-order valence-corrected chi connectivity index (χ2v) is 5.65. The standard InChI is InChI=1S/C17H26N2O5/c1-11-15-13(5-7-19(11)17(21)24-4)16(23-3)12(9-14(15)22-2)10-18-6-8-20/h9,11,18,20H,5-8,10H2,1-4H3. The summed E-state index contributed by atoms with van der Waals surface area (Å²) >= 11 is 0. The lowest BCUT2D eigenvalue weighted by atomic mass is 9.89. The highest BCUT2D eigenvalue weighted by molar-refractivity contribution is 5.70. The van der Waals surface area contributed by atoms with Gasteiger partial charge in [-0.2, -0.15) is 0 Å². The Balaban J connectivity index is 2.45. The Morgan fingerprint density at radius 2 is 2.12 bits per heavy atom. The van der Waals surface area contributed by atoms with E-state index in [-0.39, 0.29) is 18.7 Å². The van der Waals surface area contributed by atoms with Crippen LogP contribution in [0.25, 0.3) is 0 Å². The van der Waals surface area contributed by atoms with Crippen molar-refractivity contribution in [2.75, 3.05) is 41.0 Å². The first kappa shape index (κ1) is 18.4. The molecule has 7 nitrogen and oxygen atoms in total. The van der Waals surface area contributed by atoms with Crippen LogP contribution in [0, 0.1) is 0 Å². The minimum atomic E-state index is -0.345. The summed E-state index contributed by atoms with van der Waals surface area (Å²) in [6.07, 6.45) is 0.324. The van der Waals surface area contributed by atoms with Gasteiger partial charge in [0, 0.05) is 36.3 Å². The average Bonchev–Trinajstić information content (AvgIpc) is 2.60. The van der Waals surface area contributed by atoms with E-state index in [0.717, 1.165) is 28.2 Å². The molecule has 1 unspecified atom stereocenters. The van der Waals surface area contributed by atoms with Crippen molar-refractivity contribution < 1.29 is 24.1 Å². The molecule has 7 heteroatoms. The zero-order valence-electron chi connectivity index (χ0n) is 14.7. The highest BCUT2D eigenvalue weighted by atomic mass is 16.5. The molecule has 0 aliphatic carbocycles. The third-order valence-corrected chi connectivity index (χ3v) is 4.39. The summed E-state index contributed by atoms with van der Waals surface area (Å²) in [6, 6.07) is 1.77. The molecule has 2 rings (SSSR count). The number of aliphatic hydroxyl groups excluding tert-OH is 1. The molecule has 1 heterocycles. The van der Waals surface area contributed by atoms with Crippen LogP contribution in [0.2, 0.25) is 0 Å².